The van der Waals surface area contributed by atoms with Crippen LogP contribution in [0.25, 0.3) is 22.2 Å². The van der Waals surface area contributed by atoms with Crippen LogP contribution in [0.3, 0.4) is 0 Å². The van der Waals surface area contributed by atoms with Crippen LogP contribution in [0.2, 0.25) is 0 Å². The minimum absolute atomic E-state index is 0.0104. The standard InChI is InChI=1S/C32H39N5O2S/c1-5-36(6-2)26-10-8-23(9-11-26)30-20-40-31(35-30)24-13-15-37(16-14-24)32(39)29(34-22(4)38)18-25-19-33-28-12-7-21(3)17-27(25)28/h7-12,17,19-20,24,29,33H,5-6,13-16,18H2,1-4H3,(H,34,38). The number of benzene rings is 2. The van der Waals surface area contributed by atoms with Gasteiger partial charge in [-0.1, -0.05) is 23.8 Å². The Bertz CT molecular complexity index is 1460. The lowest BCUT2D eigenvalue weighted by atomic mass is 9.96. The van der Waals surface area contributed by atoms with Crippen molar-refractivity contribution in [2.75, 3.05) is 31.1 Å². The fourth-order valence-electron chi connectivity index (χ4n) is 5.73. The number of aryl methyl sites for hydroxylation is 1. The van der Waals surface area contributed by atoms with Crippen LogP contribution in [0.1, 0.15) is 55.7 Å². The fourth-order valence-corrected chi connectivity index (χ4v) is 6.73. The summed E-state index contributed by atoms with van der Waals surface area (Å²) in [6.45, 7) is 11.2. The highest BCUT2D eigenvalue weighted by atomic mass is 32.1. The van der Waals surface area contributed by atoms with Crippen LogP contribution in [0.5, 0.6) is 0 Å². The highest BCUT2D eigenvalue weighted by Crippen LogP contribution is 2.34. The lowest BCUT2D eigenvalue weighted by Crippen LogP contribution is -2.51. The van der Waals surface area contributed by atoms with Crippen molar-refractivity contribution in [3.8, 4) is 11.3 Å². The van der Waals surface area contributed by atoms with Crippen molar-refractivity contribution in [3.05, 3.63) is 70.2 Å². The molecule has 5 rings (SSSR count). The first kappa shape index (κ1) is 27.9. The molecule has 2 aromatic carbocycles. The van der Waals surface area contributed by atoms with E-state index >= 15 is 0 Å². The van der Waals surface area contributed by atoms with Gasteiger partial charge in [-0.25, -0.2) is 4.98 Å². The van der Waals surface area contributed by atoms with Crippen LogP contribution in [0.15, 0.2) is 54.0 Å². The second kappa shape index (κ2) is 12.3. The summed E-state index contributed by atoms with van der Waals surface area (Å²) in [6.07, 6.45) is 4.16. The van der Waals surface area contributed by atoms with Crippen molar-refractivity contribution in [2.45, 2.75) is 58.9 Å². The average Bonchev–Trinajstić information content (AvgIpc) is 3.61. The van der Waals surface area contributed by atoms with Gasteiger partial charge >= 0.3 is 0 Å². The number of thiazole rings is 1. The molecule has 0 bridgehead atoms. The lowest BCUT2D eigenvalue weighted by molar-refractivity contribution is -0.137. The molecule has 1 unspecified atom stereocenters. The highest BCUT2D eigenvalue weighted by molar-refractivity contribution is 7.10. The second-order valence-corrected chi connectivity index (χ2v) is 11.6. The molecular weight excluding hydrogens is 518 g/mol. The van der Waals surface area contributed by atoms with Gasteiger partial charge in [-0.15, -0.1) is 11.3 Å². The molecular formula is C32H39N5O2S. The Kier molecular flexibility index (Phi) is 8.54. The Hall–Kier alpha value is -3.65. The van der Waals surface area contributed by atoms with Crippen LogP contribution < -0.4 is 10.2 Å². The highest BCUT2D eigenvalue weighted by Gasteiger charge is 2.31. The summed E-state index contributed by atoms with van der Waals surface area (Å²) in [5.74, 6) is 0.141. The van der Waals surface area contributed by atoms with Gasteiger partial charge in [0.25, 0.3) is 0 Å². The van der Waals surface area contributed by atoms with Crippen LogP contribution in [-0.2, 0) is 16.0 Å². The maximum atomic E-state index is 13.6. The number of nitrogens with zero attached hydrogens (tertiary/aromatic N) is 3. The van der Waals surface area contributed by atoms with Crippen molar-refractivity contribution < 1.29 is 9.59 Å². The number of rotatable bonds is 9. The van der Waals surface area contributed by atoms with Crippen molar-refractivity contribution >= 4 is 39.7 Å². The van der Waals surface area contributed by atoms with Gasteiger partial charge in [0.15, 0.2) is 0 Å². The van der Waals surface area contributed by atoms with Gasteiger partial charge in [0.2, 0.25) is 11.8 Å². The van der Waals surface area contributed by atoms with Crippen LogP contribution in [0.4, 0.5) is 5.69 Å². The zero-order valence-electron chi connectivity index (χ0n) is 23.9. The van der Waals surface area contributed by atoms with Gasteiger partial charge in [0, 0.05) is 79.2 Å². The molecule has 0 aliphatic carbocycles. The molecule has 2 N–H and O–H groups in total. The van der Waals surface area contributed by atoms with Gasteiger partial charge < -0.3 is 20.1 Å². The largest absolute Gasteiger partial charge is 0.372 e. The summed E-state index contributed by atoms with van der Waals surface area (Å²) in [5.41, 5.74) is 6.64. The summed E-state index contributed by atoms with van der Waals surface area (Å²) in [6, 6.07) is 14.3. The topological polar surface area (TPSA) is 81.3 Å². The number of piperidine rings is 1. The first-order valence-electron chi connectivity index (χ1n) is 14.3. The number of hydrogen-bond acceptors (Lipinski definition) is 5. The number of carbonyl (C=O) groups excluding carboxylic acids is 2. The van der Waals surface area contributed by atoms with E-state index in [1.54, 1.807) is 11.3 Å². The molecule has 1 aliphatic rings. The van der Waals surface area contributed by atoms with Crippen molar-refractivity contribution in [1.29, 1.82) is 0 Å². The third-order valence-electron chi connectivity index (χ3n) is 7.99. The Morgan fingerprint density at radius 3 is 2.52 bits per heavy atom. The summed E-state index contributed by atoms with van der Waals surface area (Å²) in [4.78, 5) is 38.2. The van der Waals surface area contributed by atoms with Crippen LogP contribution in [0, 0.1) is 6.92 Å². The molecule has 0 saturated carbocycles. The van der Waals surface area contributed by atoms with Crippen LogP contribution in [-0.4, -0.2) is 58.9 Å². The van der Waals surface area contributed by atoms with Gasteiger partial charge in [-0.05, 0) is 63.4 Å². The zero-order chi connectivity index (χ0) is 28.2. The van der Waals surface area contributed by atoms with Gasteiger partial charge in [0.1, 0.15) is 6.04 Å². The number of likely N-dealkylation sites (tertiary alicyclic amines) is 1. The summed E-state index contributed by atoms with van der Waals surface area (Å²) >= 11 is 1.71. The molecule has 1 aliphatic heterocycles. The van der Waals surface area contributed by atoms with E-state index in [1.807, 2.05) is 11.1 Å². The minimum atomic E-state index is -0.584. The van der Waals surface area contributed by atoms with Gasteiger partial charge in [0.05, 0.1) is 10.7 Å². The molecule has 8 heteroatoms. The molecule has 1 saturated heterocycles. The van der Waals surface area contributed by atoms with E-state index in [0.717, 1.165) is 58.7 Å². The molecule has 0 spiro atoms. The SMILES string of the molecule is CCN(CC)c1ccc(-c2csc(C3CCN(C(=O)C(Cc4c[nH]c5ccc(C)cc45)NC(C)=O)CC3)n2)cc1. The first-order chi connectivity index (χ1) is 19.4. The molecule has 0 radical (unpaired) electrons. The number of nitrogens with one attached hydrogen (secondary N) is 2. The van der Waals surface area contributed by atoms with E-state index in [9.17, 15) is 9.59 Å². The van der Waals surface area contributed by atoms with Crippen molar-refractivity contribution in [1.82, 2.24) is 20.2 Å². The Balaban J connectivity index is 1.23. The number of fused-ring (bicyclic) bond motifs is 1. The average molecular weight is 558 g/mol. The smallest absolute Gasteiger partial charge is 0.245 e. The third kappa shape index (κ3) is 6.07. The van der Waals surface area contributed by atoms with Gasteiger partial charge in [-0.2, -0.15) is 0 Å². The number of aromatic nitrogens is 2. The number of hydrogen-bond donors (Lipinski definition) is 2. The van der Waals surface area contributed by atoms with Crippen molar-refractivity contribution in [2.24, 2.45) is 0 Å². The van der Waals surface area contributed by atoms with E-state index in [0.29, 0.717) is 25.4 Å². The number of aromatic amines is 1. The predicted molar refractivity (Wildman–Crippen MR) is 164 cm³/mol. The molecule has 3 heterocycles. The van der Waals surface area contributed by atoms with E-state index < -0.39 is 6.04 Å². The van der Waals surface area contributed by atoms with Crippen LogP contribution >= 0.6 is 11.3 Å². The number of amides is 2. The first-order valence-corrected chi connectivity index (χ1v) is 15.2. The summed E-state index contributed by atoms with van der Waals surface area (Å²) in [7, 11) is 0. The monoisotopic (exact) mass is 557 g/mol. The molecule has 2 aromatic heterocycles. The molecule has 1 atom stereocenters. The molecule has 1 fully saturated rings. The third-order valence-corrected chi connectivity index (χ3v) is 9.00. The summed E-state index contributed by atoms with van der Waals surface area (Å²) in [5, 5.41) is 7.31. The maximum Gasteiger partial charge on any atom is 0.245 e. The summed E-state index contributed by atoms with van der Waals surface area (Å²) < 4.78 is 0. The molecule has 4 aromatic rings. The quantitative estimate of drug-likeness (QED) is 0.269. The predicted octanol–water partition coefficient (Wildman–Crippen LogP) is 5.90. The van der Waals surface area contributed by atoms with E-state index in [1.165, 1.54) is 18.2 Å². The Morgan fingerprint density at radius 1 is 1.12 bits per heavy atom. The lowest BCUT2D eigenvalue weighted by Gasteiger charge is -2.33. The van der Waals surface area contributed by atoms with E-state index in [2.05, 4.69) is 83.8 Å². The number of carbonyl (C=O) groups is 2. The zero-order valence-corrected chi connectivity index (χ0v) is 24.7. The van der Waals surface area contributed by atoms with E-state index in [4.69, 9.17) is 4.98 Å². The van der Waals surface area contributed by atoms with Crippen molar-refractivity contribution in [3.63, 3.8) is 0 Å². The minimum Gasteiger partial charge on any atom is -0.372 e. The Morgan fingerprint density at radius 2 is 1.85 bits per heavy atom. The number of anilines is 1. The van der Waals surface area contributed by atoms with E-state index in [-0.39, 0.29) is 11.8 Å². The molecule has 7 nitrogen and oxygen atoms in total. The normalized spacial score (nSPS) is 14.8. The molecule has 40 heavy (non-hydrogen) atoms. The fraction of sp³-hybridized carbons (Fsp3) is 0.406. The Labute approximate surface area is 240 Å². The molecule has 210 valence electrons. The maximum absolute atomic E-state index is 13.6. The molecule has 2 amide bonds. The second-order valence-electron chi connectivity index (χ2n) is 10.7. The van der Waals surface area contributed by atoms with Gasteiger partial charge in [-0.3, -0.25) is 9.59 Å². The number of H-pyrrole nitrogens is 1.